The number of rotatable bonds is 8. The third-order valence-electron chi connectivity index (χ3n) is 3.37. The van der Waals surface area contributed by atoms with Gasteiger partial charge in [-0.1, -0.05) is 6.92 Å². The van der Waals surface area contributed by atoms with Gasteiger partial charge in [0.1, 0.15) is 0 Å². The van der Waals surface area contributed by atoms with E-state index in [9.17, 15) is 16.8 Å². The van der Waals surface area contributed by atoms with Gasteiger partial charge in [0, 0.05) is 18.6 Å². The van der Waals surface area contributed by atoms with Crippen LogP contribution in [0.25, 0.3) is 0 Å². The molecule has 1 atom stereocenters. The van der Waals surface area contributed by atoms with Crippen molar-refractivity contribution in [3.05, 3.63) is 0 Å². The third-order valence-corrected chi connectivity index (χ3v) is 7.04. The van der Waals surface area contributed by atoms with Crippen LogP contribution < -0.4 is 4.72 Å². The van der Waals surface area contributed by atoms with E-state index >= 15 is 0 Å². The quantitative estimate of drug-likeness (QED) is 0.724. The SMILES string of the molecule is CCC(CC(C)(C)N(C)S(C)(=O)=O)S(=O)(=O)NC(C)C. The Morgan fingerprint density at radius 3 is 1.90 bits per heavy atom. The van der Waals surface area contributed by atoms with Gasteiger partial charge in [0.2, 0.25) is 20.0 Å². The van der Waals surface area contributed by atoms with Crippen LogP contribution in [0, 0.1) is 0 Å². The van der Waals surface area contributed by atoms with Gasteiger partial charge < -0.3 is 0 Å². The first-order chi connectivity index (χ1) is 8.74. The minimum absolute atomic E-state index is 0.176. The van der Waals surface area contributed by atoms with E-state index in [-0.39, 0.29) is 12.5 Å². The lowest BCUT2D eigenvalue weighted by Crippen LogP contribution is -2.49. The van der Waals surface area contributed by atoms with E-state index in [0.29, 0.717) is 6.42 Å². The molecular formula is C12H28N2O4S2. The first-order valence-corrected chi connectivity index (χ1v) is 10.1. The molecule has 0 aromatic heterocycles. The summed E-state index contributed by atoms with van der Waals surface area (Å²) in [6.45, 7) is 8.79. The van der Waals surface area contributed by atoms with Crippen molar-refractivity contribution in [1.82, 2.24) is 9.03 Å². The van der Waals surface area contributed by atoms with Crippen molar-refractivity contribution in [2.24, 2.45) is 0 Å². The standard InChI is InChI=1S/C12H28N2O4S2/c1-8-11(20(17,18)13-10(2)3)9-12(4,5)14(6)19(7,15)16/h10-11,13H,8-9H2,1-7H3. The zero-order chi connectivity index (χ0) is 16.4. The van der Waals surface area contributed by atoms with Gasteiger partial charge in [-0.3, -0.25) is 0 Å². The summed E-state index contributed by atoms with van der Waals surface area (Å²) in [5.74, 6) is 0. The molecule has 20 heavy (non-hydrogen) atoms. The number of hydrogen-bond donors (Lipinski definition) is 1. The Labute approximate surface area is 124 Å². The Bertz CT molecular complexity index is 510. The second-order valence-electron chi connectivity index (χ2n) is 6.09. The van der Waals surface area contributed by atoms with Gasteiger partial charge in [-0.2, -0.15) is 4.31 Å². The molecule has 0 radical (unpaired) electrons. The van der Waals surface area contributed by atoms with Crippen LogP contribution >= 0.6 is 0 Å². The average molecular weight is 329 g/mol. The van der Waals surface area contributed by atoms with E-state index in [4.69, 9.17) is 0 Å². The first kappa shape index (κ1) is 19.8. The Morgan fingerprint density at radius 1 is 1.15 bits per heavy atom. The molecule has 0 spiro atoms. The van der Waals surface area contributed by atoms with Gasteiger partial charge in [0.15, 0.2) is 0 Å². The zero-order valence-electron chi connectivity index (χ0n) is 13.5. The monoisotopic (exact) mass is 328 g/mol. The molecule has 0 heterocycles. The molecule has 1 unspecified atom stereocenters. The van der Waals surface area contributed by atoms with Crippen molar-refractivity contribution in [3.63, 3.8) is 0 Å². The van der Waals surface area contributed by atoms with Crippen LogP contribution in [0.4, 0.5) is 0 Å². The molecular weight excluding hydrogens is 300 g/mol. The third kappa shape index (κ3) is 5.67. The predicted molar refractivity (Wildman–Crippen MR) is 82.6 cm³/mol. The van der Waals surface area contributed by atoms with Crippen LogP contribution in [0.1, 0.15) is 47.5 Å². The maximum atomic E-state index is 12.2. The summed E-state index contributed by atoms with van der Waals surface area (Å²) >= 11 is 0. The molecule has 0 amide bonds. The van der Waals surface area contributed by atoms with Gasteiger partial charge in [-0.25, -0.2) is 21.6 Å². The van der Waals surface area contributed by atoms with Crippen LogP contribution in [0.15, 0.2) is 0 Å². The van der Waals surface area contributed by atoms with E-state index in [2.05, 4.69) is 4.72 Å². The number of nitrogens with zero attached hydrogens (tertiary/aromatic N) is 1. The van der Waals surface area contributed by atoms with E-state index in [0.717, 1.165) is 6.26 Å². The van der Waals surface area contributed by atoms with Gasteiger partial charge in [0.05, 0.1) is 11.5 Å². The number of hydrogen-bond acceptors (Lipinski definition) is 4. The molecule has 0 bridgehead atoms. The Balaban J connectivity index is 5.25. The molecule has 0 aliphatic carbocycles. The molecule has 0 saturated heterocycles. The smallest absolute Gasteiger partial charge is 0.212 e. The van der Waals surface area contributed by atoms with Crippen molar-refractivity contribution in [2.45, 2.75) is 64.3 Å². The van der Waals surface area contributed by atoms with Crippen LogP contribution in [0.5, 0.6) is 0 Å². The Kier molecular flexibility index (Phi) is 6.66. The summed E-state index contributed by atoms with van der Waals surface area (Å²) < 4.78 is 51.6. The highest BCUT2D eigenvalue weighted by molar-refractivity contribution is 7.90. The molecule has 0 aliphatic rings. The molecule has 0 fully saturated rings. The lowest BCUT2D eigenvalue weighted by atomic mass is 9.97. The highest BCUT2D eigenvalue weighted by atomic mass is 32.2. The topological polar surface area (TPSA) is 83.6 Å². The summed E-state index contributed by atoms with van der Waals surface area (Å²) in [6, 6.07) is -0.176. The zero-order valence-corrected chi connectivity index (χ0v) is 15.1. The van der Waals surface area contributed by atoms with E-state index in [1.165, 1.54) is 11.4 Å². The maximum Gasteiger partial charge on any atom is 0.214 e. The largest absolute Gasteiger partial charge is 0.214 e. The molecule has 0 aromatic rings. The van der Waals surface area contributed by atoms with Gasteiger partial charge >= 0.3 is 0 Å². The van der Waals surface area contributed by atoms with Gasteiger partial charge in [0.25, 0.3) is 0 Å². The van der Waals surface area contributed by atoms with E-state index in [1.807, 2.05) is 0 Å². The van der Waals surface area contributed by atoms with Crippen molar-refractivity contribution in [2.75, 3.05) is 13.3 Å². The van der Waals surface area contributed by atoms with E-state index in [1.54, 1.807) is 34.6 Å². The molecule has 0 aromatic carbocycles. The number of sulfonamides is 2. The molecule has 6 nitrogen and oxygen atoms in total. The summed E-state index contributed by atoms with van der Waals surface area (Å²) in [6.07, 6.45) is 1.80. The predicted octanol–water partition coefficient (Wildman–Crippen LogP) is 1.15. The Morgan fingerprint density at radius 2 is 1.60 bits per heavy atom. The second-order valence-corrected chi connectivity index (χ2v) is 10.1. The average Bonchev–Trinajstić information content (AvgIpc) is 2.21. The van der Waals surface area contributed by atoms with Crippen LogP contribution in [-0.4, -0.2) is 51.3 Å². The summed E-state index contributed by atoms with van der Waals surface area (Å²) in [5, 5.41) is -0.621. The fraction of sp³-hybridized carbons (Fsp3) is 1.00. The summed E-state index contributed by atoms with van der Waals surface area (Å²) in [5.41, 5.74) is -0.764. The highest BCUT2D eigenvalue weighted by Crippen LogP contribution is 2.26. The first-order valence-electron chi connectivity index (χ1n) is 6.69. The minimum Gasteiger partial charge on any atom is -0.212 e. The lowest BCUT2D eigenvalue weighted by molar-refractivity contribution is 0.244. The molecule has 0 aliphatic heterocycles. The Hall–Kier alpha value is -0.180. The molecule has 0 saturated carbocycles. The van der Waals surface area contributed by atoms with E-state index < -0.39 is 30.8 Å². The lowest BCUT2D eigenvalue weighted by Gasteiger charge is -2.36. The fourth-order valence-electron chi connectivity index (χ4n) is 2.03. The molecule has 122 valence electrons. The van der Waals surface area contributed by atoms with Crippen LogP contribution in [-0.2, 0) is 20.0 Å². The number of nitrogens with one attached hydrogen (secondary N) is 1. The molecule has 0 rings (SSSR count). The summed E-state index contributed by atoms with van der Waals surface area (Å²) in [4.78, 5) is 0. The summed E-state index contributed by atoms with van der Waals surface area (Å²) in [7, 11) is -5.34. The normalized spacial score (nSPS) is 15.8. The van der Waals surface area contributed by atoms with Crippen LogP contribution in [0.3, 0.4) is 0 Å². The van der Waals surface area contributed by atoms with Crippen molar-refractivity contribution < 1.29 is 16.8 Å². The van der Waals surface area contributed by atoms with Gasteiger partial charge in [-0.15, -0.1) is 0 Å². The molecule has 1 N–H and O–H groups in total. The highest BCUT2D eigenvalue weighted by Gasteiger charge is 2.36. The maximum absolute atomic E-state index is 12.2. The van der Waals surface area contributed by atoms with Crippen molar-refractivity contribution in [3.8, 4) is 0 Å². The van der Waals surface area contributed by atoms with Crippen LogP contribution in [0.2, 0.25) is 0 Å². The van der Waals surface area contributed by atoms with Crippen molar-refractivity contribution >= 4 is 20.0 Å². The van der Waals surface area contributed by atoms with Gasteiger partial charge in [-0.05, 0) is 40.5 Å². The second kappa shape index (κ2) is 6.72. The van der Waals surface area contributed by atoms with Crippen molar-refractivity contribution in [1.29, 1.82) is 0 Å². The fourth-order valence-corrected chi connectivity index (χ4v) is 4.92. The minimum atomic E-state index is -3.46. The molecule has 8 heteroatoms.